The van der Waals surface area contributed by atoms with Crippen LogP contribution in [0.4, 0.5) is 0 Å². The van der Waals surface area contributed by atoms with Crippen molar-refractivity contribution >= 4 is 0 Å². The predicted octanol–water partition coefficient (Wildman–Crippen LogP) is 2.51. The number of hydrogen-bond donors (Lipinski definition) is 1. The molecule has 1 atom stereocenters. The minimum absolute atomic E-state index is 0.514. The molecule has 102 valence electrons. The van der Waals surface area contributed by atoms with E-state index in [0.29, 0.717) is 6.04 Å². The van der Waals surface area contributed by atoms with E-state index in [1.54, 1.807) is 7.11 Å². The van der Waals surface area contributed by atoms with Crippen molar-refractivity contribution in [2.45, 2.75) is 51.1 Å². The molecule has 1 aliphatic heterocycles. The van der Waals surface area contributed by atoms with Gasteiger partial charge in [0.15, 0.2) is 0 Å². The van der Waals surface area contributed by atoms with Crippen LogP contribution >= 0.6 is 0 Å². The summed E-state index contributed by atoms with van der Waals surface area (Å²) in [5.41, 5.74) is 1.36. The number of nitrogens with zero attached hydrogens (tertiary/aromatic N) is 2. The molecule has 0 amide bonds. The number of aromatic nitrogens is 2. The molecule has 1 aromatic rings. The zero-order chi connectivity index (χ0) is 12.6. The molecule has 0 spiro atoms. The molecule has 0 aromatic carbocycles. The van der Waals surface area contributed by atoms with Crippen LogP contribution < -0.4 is 5.32 Å². The first-order valence-electron chi connectivity index (χ1n) is 7.14. The van der Waals surface area contributed by atoms with E-state index >= 15 is 0 Å². The Kier molecular flexibility index (Phi) is 5.68. The SMILES string of the molecule is COCCCCCn1cncc1C1CCCCN1. The first kappa shape index (κ1) is 13.6. The predicted molar refractivity (Wildman–Crippen MR) is 72.5 cm³/mol. The number of ether oxygens (including phenoxy) is 1. The Hall–Kier alpha value is -0.870. The lowest BCUT2D eigenvalue weighted by Crippen LogP contribution is -2.28. The maximum Gasteiger partial charge on any atom is 0.0948 e. The van der Waals surface area contributed by atoms with Crippen LogP contribution in [0.15, 0.2) is 12.5 Å². The van der Waals surface area contributed by atoms with Gasteiger partial charge in [0.25, 0.3) is 0 Å². The van der Waals surface area contributed by atoms with Gasteiger partial charge in [-0.25, -0.2) is 4.98 Å². The van der Waals surface area contributed by atoms with Crippen LogP contribution in [0, 0.1) is 0 Å². The summed E-state index contributed by atoms with van der Waals surface area (Å²) in [6, 6.07) is 0.514. The molecule has 1 saturated heterocycles. The van der Waals surface area contributed by atoms with Gasteiger partial charge in [0.05, 0.1) is 12.0 Å². The summed E-state index contributed by atoms with van der Waals surface area (Å²) in [7, 11) is 1.77. The van der Waals surface area contributed by atoms with Crippen LogP contribution in [0.2, 0.25) is 0 Å². The maximum absolute atomic E-state index is 5.07. The molecule has 1 aliphatic rings. The third kappa shape index (κ3) is 3.82. The zero-order valence-corrected chi connectivity index (χ0v) is 11.4. The van der Waals surface area contributed by atoms with E-state index in [9.17, 15) is 0 Å². The molecule has 18 heavy (non-hydrogen) atoms. The van der Waals surface area contributed by atoms with E-state index in [1.165, 1.54) is 37.8 Å². The van der Waals surface area contributed by atoms with Gasteiger partial charge in [-0.2, -0.15) is 0 Å². The van der Waals surface area contributed by atoms with Gasteiger partial charge in [-0.3, -0.25) is 0 Å². The summed E-state index contributed by atoms with van der Waals surface area (Å²) >= 11 is 0. The highest BCUT2D eigenvalue weighted by atomic mass is 16.5. The Morgan fingerprint density at radius 3 is 3.11 bits per heavy atom. The second-order valence-corrected chi connectivity index (χ2v) is 5.07. The van der Waals surface area contributed by atoms with Crippen LogP contribution in [0.5, 0.6) is 0 Å². The Morgan fingerprint density at radius 1 is 1.39 bits per heavy atom. The normalized spacial score (nSPS) is 20.2. The quantitative estimate of drug-likeness (QED) is 0.757. The summed E-state index contributed by atoms with van der Waals surface area (Å²) in [5.74, 6) is 0. The smallest absolute Gasteiger partial charge is 0.0948 e. The lowest BCUT2D eigenvalue weighted by Gasteiger charge is -2.24. The number of piperidine rings is 1. The molecule has 0 radical (unpaired) electrons. The van der Waals surface area contributed by atoms with E-state index in [0.717, 1.165) is 26.1 Å². The van der Waals surface area contributed by atoms with Crippen molar-refractivity contribution in [1.29, 1.82) is 0 Å². The Bertz CT molecular complexity index is 332. The zero-order valence-electron chi connectivity index (χ0n) is 11.4. The molecule has 4 heteroatoms. The molecule has 2 rings (SSSR count). The fraction of sp³-hybridized carbons (Fsp3) is 0.786. The van der Waals surface area contributed by atoms with Gasteiger partial charge in [0.2, 0.25) is 0 Å². The van der Waals surface area contributed by atoms with Gasteiger partial charge in [0, 0.05) is 32.5 Å². The summed E-state index contributed by atoms with van der Waals surface area (Å²) in [4.78, 5) is 4.31. The first-order chi connectivity index (χ1) is 8.92. The van der Waals surface area contributed by atoms with Crippen molar-refractivity contribution in [3.63, 3.8) is 0 Å². The number of hydrogen-bond acceptors (Lipinski definition) is 3. The Morgan fingerprint density at radius 2 is 2.33 bits per heavy atom. The first-order valence-corrected chi connectivity index (χ1v) is 7.14. The average molecular weight is 251 g/mol. The second-order valence-electron chi connectivity index (χ2n) is 5.07. The van der Waals surface area contributed by atoms with E-state index < -0.39 is 0 Å². The number of unbranched alkanes of at least 4 members (excludes halogenated alkanes) is 2. The minimum atomic E-state index is 0.514. The van der Waals surface area contributed by atoms with Crippen molar-refractivity contribution in [3.8, 4) is 0 Å². The van der Waals surface area contributed by atoms with Crippen molar-refractivity contribution in [2.24, 2.45) is 0 Å². The van der Waals surface area contributed by atoms with Crippen LogP contribution in [0.3, 0.4) is 0 Å². The topological polar surface area (TPSA) is 39.1 Å². The van der Waals surface area contributed by atoms with E-state index in [1.807, 2.05) is 12.5 Å². The minimum Gasteiger partial charge on any atom is -0.385 e. The molecule has 1 fully saturated rings. The molecule has 1 unspecified atom stereocenters. The van der Waals surface area contributed by atoms with Crippen LogP contribution in [0.1, 0.15) is 50.3 Å². The van der Waals surface area contributed by atoms with E-state index in [4.69, 9.17) is 4.74 Å². The summed E-state index contributed by atoms with van der Waals surface area (Å²) in [6.45, 7) is 3.10. The van der Waals surface area contributed by atoms with E-state index in [-0.39, 0.29) is 0 Å². The van der Waals surface area contributed by atoms with Crippen LogP contribution in [-0.4, -0.2) is 29.8 Å². The van der Waals surface area contributed by atoms with Gasteiger partial charge < -0.3 is 14.6 Å². The molecular formula is C14H25N3O. The number of nitrogens with one attached hydrogen (secondary N) is 1. The highest BCUT2D eigenvalue weighted by molar-refractivity contribution is 5.06. The molecule has 0 saturated carbocycles. The Balaban J connectivity index is 1.79. The number of aryl methyl sites for hydroxylation is 1. The summed E-state index contributed by atoms with van der Waals surface area (Å²) in [5, 5.41) is 3.59. The number of rotatable bonds is 7. The fourth-order valence-corrected chi connectivity index (χ4v) is 2.62. The molecule has 0 aliphatic carbocycles. The lowest BCUT2D eigenvalue weighted by atomic mass is 10.0. The summed E-state index contributed by atoms with van der Waals surface area (Å²) in [6.07, 6.45) is 11.5. The van der Waals surface area contributed by atoms with Gasteiger partial charge in [-0.15, -0.1) is 0 Å². The average Bonchev–Trinajstić information content (AvgIpc) is 2.88. The molecule has 0 bridgehead atoms. The fourth-order valence-electron chi connectivity index (χ4n) is 2.62. The Labute approximate surface area is 110 Å². The van der Waals surface area contributed by atoms with Gasteiger partial charge >= 0.3 is 0 Å². The van der Waals surface area contributed by atoms with Crippen molar-refractivity contribution in [2.75, 3.05) is 20.3 Å². The number of methoxy groups -OCH3 is 1. The standard InChI is InChI=1S/C14H25N3O/c1-18-10-6-2-5-9-17-12-15-11-14(17)13-7-3-4-8-16-13/h11-13,16H,2-10H2,1H3. The van der Waals surface area contributed by atoms with Crippen LogP contribution in [0.25, 0.3) is 0 Å². The third-order valence-electron chi connectivity index (χ3n) is 3.66. The lowest BCUT2D eigenvalue weighted by molar-refractivity contribution is 0.191. The molecular weight excluding hydrogens is 226 g/mol. The molecule has 2 heterocycles. The highest BCUT2D eigenvalue weighted by Crippen LogP contribution is 2.22. The molecule has 1 aromatic heterocycles. The summed E-state index contributed by atoms with van der Waals surface area (Å²) < 4.78 is 7.38. The third-order valence-corrected chi connectivity index (χ3v) is 3.66. The molecule has 4 nitrogen and oxygen atoms in total. The largest absolute Gasteiger partial charge is 0.385 e. The van der Waals surface area contributed by atoms with Crippen molar-refractivity contribution < 1.29 is 4.74 Å². The van der Waals surface area contributed by atoms with Gasteiger partial charge in [-0.05, 0) is 38.6 Å². The second kappa shape index (κ2) is 7.54. The van der Waals surface area contributed by atoms with E-state index in [2.05, 4.69) is 14.9 Å². The van der Waals surface area contributed by atoms with Crippen molar-refractivity contribution in [3.05, 3.63) is 18.2 Å². The van der Waals surface area contributed by atoms with Gasteiger partial charge in [-0.1, -0.05) is 6.42 Å². The molecule has 1 N–H and O–H groups in total. The highest BCUT2D eigenvalue weighted by Gasteiger charge is 2.17. The maximum atomic E-state index is 5.07. The monoisotopic (exact) mass is 251 g/mol. The van der Waals surface area contributed by atoms with Crippen LogP contribution in [-0.2, 0) is 11.3 Å². The number of imidazole rings is 1. The van der Waals surface area contributed by atoms with Gasteiger partial charge in [0.1, 0.15) is 0 Å². The van der Waals surface area contributed by atoms with Crippen molar-refractivity contribution in [1.82, 2.24) is 14.9 Å².